The smallest absolute Gasteiger partial charge is 0.200 e. The molecule has 0 saturated heterocycles. The number of hydrogen-bond acceptors (Lipinski definition) is 2. The highest BCUT2D eigenvalue weighted by molar-refractivity contribution is 6.10. The first-order valence-electron chi connectivity index (χ1n) is 8.80. The molecule has 6 heteroatoms. The van der Waals surface area contributed by atoms with E-state index in [9.17, 15) is 22.8 Å². The molecule has 0 spiro atoms. The summed E-state index contributed by atoms with van der Waals surface area (Å²) in [5, 5.41) is -0.230. The maximum absolute atomic E-state index is 14.6. The molecule has 29 heavy (non-hydrogen) atoms. The third-order valence-electron chi connectivity index (χ3n) is 4.64. The fourth-order valence-electron chi connectivity index (χ4n) is 3.27. The van der Waals surface area contributed by atoms with E-state index in [1.165, 1.54) is 35.0 Å². The summed E-state index contributed by atoms with van der Waals surface area (Å²) >= 11 is 0. The van der Waals surface area contributed by atoms with Crippen LogP contribution in [0.15, 0.2) is 77.7 Å². The van der Waals surface area contributed by atoms with Gasteiger partial charge in [-0.3, -0.25) is 9.59 Å². The van der Waals surface area contributed by atoms with Crippen LogP contribution in [-0.4, -0.2) is 10.4 Å². The van der Waals surface area contributed by atoms with Gasteiger partial charge in [-0.05, 0) is 23.8 Å². The minimum atomic E-state index is -0.919. The highest BCUT2D eigenvalue weighted by Gasteiger charge is 2.20. The lowest BCUT2D eigenvalue weighted by molar-refractivity contribution is 0.103. The normalized spacial score (nSPS) is 11.0. The Balaban J connectivity index is 1.95. The van der Waals surface area contributed by atoms with Crippen LogP contribution in [0.3, 0.4) is 0 Å². The molecule has 0 radical (unpaired) electrons. The van der Waals surface area contributed by atoms with E-state index in [0.29, 0.717) is 11.6 Å². The molecule has 4 aromatic rings. The summed E-state index contributed by atoms with van der Waals surface area (Å²) in [6.07, 6.45) is 1.27. The Hall–Kier alpha value is -3.67. The fraction of sp³-hybridized carbons (Fsp3) is 0.0435. The number of nitrogens with zero attached hydrogens (tertiary/aromatic N) is 1. The predicted molar refractivity (Wildman–Crippen MR) is 104 cm³/mol. The zero-order chi connectivity index (χ0) is 20.5. The fourth-order valence-corrected chi connectivity index (χ4v) is 3.27. The monoisotopic (exact) mass is 393 g/mol. The number of halogens is 3. The molecule has 0 N–H and O–H groups in total. The van der Waals surface area contributed by atoms with E-state index < -0.39 is 28.7 Å². The topological polar surface area (TPSA) is 39.1 Å². The van der Waals surface area contributed by atoms with Crippen LogP contribution in [0, 0.1) is 17.5 Å². The van der Waals surface area contributed by atoms with Crippen LogP contribution in [-0.2, 0) is 6.54 Å². The molecule has 0 fully saturated rings. The van der Waals surface area contributed by atoms with Crippen LogP contribution >= 0.6 is 0 Å². The SMILES string of the molecule is O=C(c1ccccc1)c1cn(Cc2ccc(F)cc2)c2c(F)cc(F)cc2c1=O. The molecule has 0 atom stereocenters. The molecule has 0 bridgehead atoms. The minimum absolute atomic E-state index is 0.0642. The van der Waals surface area contributed by atoms with E-state index >= 15 is 0 Å². The van der Waals surface area contributed by atoms with Crippen LogP contribution in [0.4, 0.5) is 13.2 Å². The van der Waals surface area contributed by atoms with Gasteiger partial charge in [-0.2, -0.15) is 0 Å². The van der Waals surface area contributed by atoms with Crippen molar-refractivity contribution in [3.05, 3.63) is 117 Å². The first-order chi connectivity index (χ1) is 13.9. The summed E-state index contributed by atoms with van der Waals surface area (Å²) in [6, 6.07) is 15.3. The molecule has 4 rings (SSSR count). The van der Waals surface area contributed by atoms with Crippen molar-refractivity contribution in [1.29, 1.82) is 0 Å². The molecule has 144 valence electrons. The number of aromatic nitrogens is 1. The minimum Gasteiger partial charge on any atom is -0.340 e. The van der Waals surface area contributed by atoms with Gasteiger partial charge >= 0.3 is 0 Å². The average Bonchev–Trinajstić information content (AvgIpc) is 2.71. The van der Waals surface area contributed by atoms with Gasteiger partial charge in [0.2, 0.25) is 5.43 Å². The van der Waals surface area contributed by atoms with Gasteiger partial charge in [-0.25, -0.2) is 13.2 Å². The summed E-state index contributed by atoms with van der Waals surface area (Å²) in [5.41, 5.74) is -0.156. The lowest BCUT2D eigenvalue weighted by Crippen LogP contribution is -2.21. The Kier molecular flexibility index (Phi) is 4.76. The van der Waals surface area contributed by atoms with E-state index in [-0.39, 0.29) is 28.6 Å². The molecule has 0 unspecified atom stereocenters. The zero-order valence-corrected chi connectivity index (χ0v) is 15.0. The Morgan fingerprint density at radius 2 is 1.55 bits per heavy atom. The predicted octanol–water partition coefficient (Wildman–Crippen LogP) is 4.70. The first kappa shape index (κ1) is 18.7. The molecule has 3 aromatic carbocycles. The van der Waals surface area contributed by atoms with Crippen LogP contribution in [0.1, 0.15) is 21.5 Å². The molecule has 3 nitrogen and oxygen atoms in total. The summed E-state index contributed by atoms with van der Waals surface area (Å²) in [4.78, 5) is 25.8. The standard InChI is InChI=1S/C23H14F3NO2/c24-16-8-6-14(7-9-16)12-27-13-19(22(28)15-4-2-1-3-5-15)23(29)18-10-17(25)11-20(26)21(18)27/h1-11,13H,12H2. The lowest BCUT2D eigenvalue weighted by atomic mass is 10.0. The van der Waals surface area contributed by atoms with Gasteiger partial charge < -0.3 is 4.57 Å². The summed E-state index contributed by atoms with van der Waals surface area (Å²) in [7, 11) is 0. The van der Waals surface area contributed by atoms with E-state index in [1.54, 1.807) is 30.3 Å². The third kappa shape index (κ3) is 3.57. The van der Waals surface area contributed by atoms with Crippen LogP contribution in [0.2, 0.25) is 0 Å². The maximum atomic E-state index is 14.6. The Bertz CT molecular complexity index is 1280. The van der Waals surface area contributed by atoms with Crippen LogP contribution in [0.5, 0.6) is 0 Å². The number of fused-ring (bicyclic) bond motifs is 1. The number of hydrogen-bond donors (Lipinski definition) is 0. The molecule has 0 aliphatic rings. The highest BCUT2D eigenvalue weighted by atomic mass is 19.1. The molecule has 0 saturated carbocycles. The number of ketones is 1. The molecular formula is C23H14F3NO2. The molecule has 1 heterocycles. The van der Waals surface area contributed by atoms with Crippen LogP contribution < -0.4 is 5.43 Å². The molecule has 0 amide bonds. The maximum Gasteiger partial charge on any atom is 0.200 e. The van der Waals surface area contributed by atoms with Crippen molar-refractivity contribution < 1.29 is 18.0 Å². The Labute approximate surface area is 163 Å². The van der Waals surface area contributed by atoms with Crippen molar-refractivity contribution in [3.63, 3.8) is 0 Å². The van der Waals surface area contributed by atoms with Gasteiger partial charge in [-0.15, -0.1) is 0 Å². The summed E-state index contributed by atoms with van der Waals surface area (Å²) < 4.78 is 43.0. The molecule has 0 aliphatic carbocycles. The summed E-state index contributed by atoms with van der Waals surface area (Å²) in [6.45, 7) is 0.0642. The van der Waals surface area contributed by atoms with Gasteiger partial charge in [0.1, 0.15) is 11.6 Å². The second-order valence-electron chi connectivity index (χ2n) is 6.61. The quantitative estimate of drug-likeness (QED) is 0.472. The number of pyridine rings is 1. The van der Waals surface area contributed by atoms with E-state index in [2.05, 4.69) is 0 Å². The average molecular weight is 393 g/mol. The van der Waals surface area contributed by atoms with Crippen molar-refractivity contribution >= 4 is 16.7 Å². The number of carbonyl (C=O) groups is 1. The van der Waals surface area contributed by atoms with Crippen molar-refractivity contribution in [2.45, 2.75) is 6.54 Å². The summed E-state index contributed by atoms with van der Waals surface area (Å²) in [5.74, 6) is -2.80. The van der Waals surface area contributed by atoms with E-state index in [4.69, 9.17) is 0 Å². The lowest BCUT2D eigenvalue weighted by Gasteiger charge is -2.14. The van der Waals surface area contributed by atoms with Crippen molar-refractivity contribution in [2.75, 3.05) is 0 Å². The zero-order valence-electron chi connectivity index (χ0n) is 15.0. The molecule has 0 aliphatic heterocycles. The van der Waals surface area contributed by atoms with E-state index in [1.807, 2.05) is 0 Å². The molecule has 1 aromatic heterocycles. The second-order valence-corrected chi connectivity index (χ2v) is 6.61. The second kappa shape index (κ2) is 7.39. The van der Waals surface area contributed by atoms with E-state index in [0.717, 1.165) is 6.07 Å². The van der Waals surface area contributed by atoms with Crippen molar-refractivity contribution in [3.8, 4) is 0 Å². The molecular weight excluding hydrogens is 379 g/mol. The van der Waals surface area contributed by atoms with Gasteiger partial charge in [0.25, 0.3) is 0 Å². The largest absolute Gasteiger partial charge is 0.340 e. The number of rotatable bonds is 4. The van der Waals surface area contributed by atoms with Gasteiger partial charge in [0.15, 0.2) is 11.6 Å². The highest BCUT2D eigenvalue weighted by Crippen LogP contribution is 2.21. The van der Waals surface area contributed by atoms with Gasteiger partial charge in [0.05, 0.1) is 16.5 Å². The van der Waals surface area contributed by atoms with Crippen LogP contribution in [0.25, 0.3) is 10.9 Å². The Morgan fingerprint density at radius 1 is 0.862 bits per heavy atom. The van der Waals surface area contributed by atoms with Crippen molar-refractivity contribution in [1.82, 2.24) is 4.57 Å². The number of benzene rings is 3. The third-order valence-corrected chi connectivity index (χ3v) is 4.64. The van der Waals surface area contributed by atoms with Crippen molar-refractivity contribution in [2.24, 2.45) is 0 Å². The van der Waals surface area contributed by atoms with Gasteiger partial charge in [-0.1, -0.05) is 42.5 Å². The first-order valence-corrected chi connectivity index (χ1v) is 8.80. The number of carbonyl (C=O) groups excluding carboxylic acids is 1. The van der Waals surface area contributed by atoms with Gasteiger partial charge in [0, 0.05) is 24.4 Å². The Morgan fingerprint density at radius 3 is 2.24 bits per heavy atom.